The van der Waals surface area contributed by atoms with Crippen molar-refractivity contribution < 1.29 is 29.0 Å². The van der Waals surface area contributed by atoms with Crippen molar-refractivity contribution in [2.75, 3.05) is 78.5 Å². The van der Waals surface area contributed by atoms with E-state index >= 15 is 0 Å². The first kappa shape index (κ1) is 49.9. The van der Waals surface area contributed by atoms with Crippen LogP contribution in [-0.2, 0) is 23.9 Å². The van der Waals surface area contributed by atoms with Crippen molar-refractivity contribution in [1.29, 1.82) is 0 Å². The second-order valence-corrected chi connectivity index (χ2v) is 14.3. The normalized spacial score (nSPS) is 17.6. The topological polar surface area (TPSA) is 99.6 Å². The van der Waals surface area contributed by atoms with Gasteiger partial charge in [-0.15, -0.1) is 0 Å². The van der Waals surface area contributed by atoms with Crippen LogP contribution in [0, 0.1) is 16.7 Å². The number of alkyl halides is 1. The van der Waals surface area contributed by atoms with Gasteiger partial charge in [0.25, 0.3) is 0 Å². The molecule has 0 aliphatic heterocycles. The van der Waals surface area contributed by atoms with E-state index in [0.29, 0.717) is 0 Å². The van der Waals surface area contributed by atoms with Crippen molar-refractivity contribution >= 4 is 33.8 Å². The lowest BCUT2D eigenvalue weighted by Crippen LogP contribution is -2.35. The Morgan fingerprint density at radius 1 is 0.633 bits per heavy atom. The van der Waals surface area contributed by atoms with Crippen LogP contribution in [0.15, 0.2) is 0 Å². The summed E-state index contributed by atoms with van der Waals surface area (Å²) < 4.78 is 9.57. The van der Waals surface area contributed by atoms with E-state index in [4.69, 9.17) is 4.74 Å². The Labute approximate surface area is 310 Å². The van der Waals surface area contributed by atoms with Gasteiger partial charge < -0.3 is 29.3 Å². The molecule has 3 fully saturated rings. The maximum absolute atomic E-state index is 11.9. The summed E-state index contributed by atoms with van der Waals surface area (Å²) >= 11 is 3.39. The number of esters is 2. The monoisotopic (exact) mass is 764 g/mol. The molecule has 3 aliphatic carbocycles. The molecule has 3 aliphatic rings. The van der Waals surface area contributed by atoms with E-state index in [1.165, 1.54) is 59.5 Å². The molecule has 0 saturated heterocycles. The number of nitrogens with zero attached hydrogens (tertiary/aromatic N) is 3. The first-order chi connectivity index (χ1) is 23.0. The van der Waals surface area contributed by atoms with E-state index in [-0.39, 0.29) is 30.7 Å². The van der Waals surface area contributed by atoms with Crippen LogP contribution < -0.4 is 0 Å². The van der Waals surface area contributed by atoms with E-state index in [2.05, 4.69) is 76.9 Å². The van der Waals surface area contributed by atoms with Crippen molar-refractivity contribution in [3.63, 3.8) is 0 Å². The number of halogens is 1. The summed E-state index contributed by atoms with van der Waals surface area (Å²) in [5.74, 6) is -0.369. The molecule has 0 heterocycles. The van der Waals surface area contributed by atoms with Gasteiger partial charge in [0.05, 0.1) is 31.0 Å². The first-order valence-electron chi connectivity index (χ1n) is 19.1. The summed E-state index contributed by atoms with van der Waals surface area (Å²) in [5, 5.41) is 10.4. The molecule has 0 spiro atoms. The minimum absolute atomic E-state index is 0. The van der Waals surface area contributed by atoms with Crippen molar-refractivity contribution in [1.82, 2.24) is 14.7 Å². The average Bonchev–Trinajstić information content (AvgIpc) is 3.92. The Hall–Kier alpha value is -1.23. The molecule has 0 radical (unpaired) electrons. The van der Waals surface area contributed by atoms with Gasteiger partial charge in [-0.25, -0.2) is 0 Å². The Bertz CT molecular complexity index is 831. The van der Waals surface area contributed by atoms with Crippen molar-refractivity contribution in [2.45, 2.75) is 139 Å². The third-order valence-electron chi connectivity index (χ3n) is 11.0. The average molecular weight is 765 g/mol. The number of carboxylic acids is 1. The fourth-order valence-corrected chi connectivity index (χ4v) is 7.76. The van der Waals surface area contributed by atoms with Gasteiger partial charge in [0, 0.05) is 11.9 Å². The number of carbonyl (C=O) groups excluding carboxylic acids is 2. The van der Waals surface area contributed by atoms with Gasteiger partial charge in [-0.2, -0.15) is 0 Å². The minimum Gasteiger partial charge on any atom is -0.481 e. The molecule has 0 unspecified atom stereocenters. The number of hydrogen-bond donors (Lipinski definition) is 1. The molecule has 49 heavy (non-hydrogen) atoms. The summed E-state index contributed by atoms with van der Waals surface area (Å²) in [4.78, 5) is 41.0. The van der Waals surface area contributed by atoms with Crippen LogP contribution in [0.4, 0.5) is 0 Å². The second-order valence-electron chi connectivity index (χ2n) is 13.5. The summed E-state index contributed by atoms with van der Waals surface area (Å²) in [6.45, 7) is 22.6. The van der Waals surface area contributed by atoms with Crippen LogP contribution in [-0.4, -0.2) is 116 Å². The first-order valence-corrected chi connectivity index (χ1v) is 20.3. The Balaban J connectivity index is 0. The molecule has 0 aromatic rings. The summed E-state index contributed by atoms with van der Waals surface area (Å²) in [5.41, 5.74) is -0.570. The maximum atomic E-state index is 11.9. The molecule has 0 amide bonds. The molecule has 292 valence electrons. The molecule has 9 nitrogen and oxygen atoms in total. The van der Waals surface area contributed by atoms with Gasteiger partial charge in [0.15, 0.2) is 0 Å². The highest BCUT2D eigenvalue weighted by Gasteiger charge is 2.42. The van der Waals surface area contributed by atoms with Gasteiger partial charge in [-0.05, 0) is 104 Å². The second kappa shape index (κ2) is 29.4. The quantitative estimate of drug-likeness (QED) is 0.115. The lowest BCUT2D eigenvalue weighted by molar-refractivity contribution is -0.153. The highest BCUT2D eigenvalue weighted by molar-refractivity contribution is 9.09. The molecule has 0 bridgehead atoms. The Morgan fingerprint density at radius 2 is 1.00 bits per heavy atom. The number of rotatable bonds is 17. The van der Waals surface area contributed by atoms with E-state index in [9.17, 15) is 19.5 Å². The third kappa shape index (κ3) is 18.7. The van der Waals surface area contributed by atoms with Crippen LogP contribution in [0.1, 0.15) is 139 Å². The lowest BCUT2D eigenvalue weighted by atomic mass is 9.82. The fourth-order valence-electron chi connectivity index (χ4n) is 7.26. The van der Waals surface area contributed by atoms with Crippen molar-refractivity contribution in [3.05, 3.63) is 0 Å². The zero-order valence-corrected chi connectivity index (χ0v) is 33.8. The number of ether oxygens (including phenoxy) is 2. The van der Waals surface area contributed by atoms with Crippen LogP contribution in [0.3, 0.4) is 0 Å². The number of carboxylic acid groups (broad SMARTS) is 1. The Kier molecular flexibility index (Phi) is 29.9. The van der Waals surface area contributed by atoms with E-state index in [1.807, 2.05) is 0 Å². The summed E-state index contributed by atoms with van der Waals surface area (Å²) in [6.07, 6.45) is 14.6. The number of carbonyl (C=O) groups is 3. The van der Waals surface area contributed by atoms with Crippen LogP contribution >= 0.6 is 15.9 Å². The summed E-state index contributed by atoms with van der Waals surface area (Å²) in [7, 11) is 2.97. The summed E-state index contributed by atoms with van der Waals surface area (Å²) in [6, 6.07) is 0. The molecule has 0 aromatic heterocycles. The molecule has 3 saturated carbocycles. The van der Waals surface area contributed by atoms with Crippen LogP contribution in [0.25, 0.3) is 0 Å². The SMILES string of the molecule is C.CCN(CC)CCBr.CCN(CC)CCC1(C(=O)O)CCCC1.CCN(CC)CCC1(C(=O)OC)CCCC1.COC(=O)C1CCCC1. The Morgan fingerprint density at radius 3 is 1.31 bits per heavy atom. The van der Waals surface area contributed by atoms with E-state index < -0.39 is 11.4 Å². The van der Waals surface area contributed by atoms with Gasteiger partial charge in [-0.3, -0.25) is 14.4 Å². The number of hydrogen-bond acceptors (Lipinski definition) is 8. The maximum Gasteiger partial charge on any atom is 0.311 e. The zero-order valence-electron chi connectivity index (χ0n) is 32.3. The standard InChI is InChI=1S/C13H25NO2.C12H23NO2.C7H12O2.C6H14BrN.CH4/c1-4-14(5-2)11-10-13(12(15)16-3)8-6-7-9-13;1-3-13(4-2)10-9-12(11(14)15)7-5-6-8-12;1-9-7(8)6-4-2-3-5-6;1-3-8(4-2)6-5-7;/h4-11H2,1-3H3;3-10H2,1-2H3,(H,14,15);6H,2-5H2,1H3;3-6H2,1-2H3;1H4. The van der Waals surface area contributed by atoms with Crippen LogP contribution in [0.5, 0.6) is 0 Å². The van der Waals surface area contributed by atoms with Gasteiger partial charge in [0.1, 0.15) is 0 Å². The van der Waals surface area contributed by atoms with Crippen molar-refractivity contribution in [3.8, 4) is 0 Å². The third-order valence-corrected chi connectivity index (χ3v) is 11.3. The highest BCUT2D eigenvalue weighted by Crippen LogP contribution is 2.42. The van der Waals surface area contributed by atoms with E-state index in [1.54, 1.807) is 0 Å². The number of aliphatic carboxylic acids is 1. The molecular weight excluding hydrogens is 686 g/mol. The van der Waals surface area contributed by atoms with Gasteiger partial charge in [0.2, 0.25) is 0 Å². The predicted octanol–water partition coefficient (Wildman–Crippen LogP) is 8.52. The molecule has 0 atom stereocenters. The smallest absolute Gasteiger partial charge is 0.311 e. The molecule has 10 heteroatoms. The van der Waals surface area contributed by atoms with Crippen LogP contribution in [0.2, 0.25) is 0 Å². The minimum atomic E-state index is -0.577. The predicted molar refractivity (Wildman–Crippen MR) is 209 cm³/mol. The highest BCUT2D eigenvalue weighted by atomic mass is 79.9. The molecule has 1 N–H and O–H groups in total. The fraction of sp³-hybridized carbons (Fsp3) is 0.923. The molecule has 3 rings (SSSR count). The molecule has 0 aromatic carbocycles. The number of methoxy groups -OCH3 is 2. The molecular formula is C39H78BrN3O6. The van der Waals surface area contributed by atoms with Gasteiger partial charge >= 0.3 is 17.9 Å². The van der Waals surface area contributed by atoms with Gasteiger partial charge in [-0.1, -0.05) is 103 Å². The zero-order chi connectivity index (χ0) is 36.4. The lowest BCUT2D eigenvalue weighted by Gasteiger charge is -2.28. The van der Waals surface area contributed by atoms with Crippen molar-refractivity contribution in [2.24, 2.45) is 16.7 Å². The van der Waals surface area contributed by atoms with E-state index in [0.717, 1.165) is 109 Å². The largest absolute Gasteiger partial charge is 0.481 e.